The van der Waals surface area contributed by atoms with Gasteiger partial charge in [0.25, 0.3) is 5.91 Å². The van der Waals surface area contributed by atoms with Crippen molar-refractivity contribution in [1.82, 2.24) is 14.9 Å². The van der Waals surface area contributed by atoms with E-state index in [1.165, 1.54) is 0 Å². The zero-order valence-corrected chi connectivity index (χ0v) is 17.6. The Hall–Kier alpha value is -3.35. The predicted molar refractivity (Wildman–Crippen MR) is 114 cm³/mol. The molecular weight excluding hydrogens is 382 g/mol. The monoisotopic (exact) mass is 409 g/mol. The number of amides is 1. The van der Waals surface area contributed by atoms with Crippen molar-refractivity contribution in [2.45, 2.75) is 39.3 Å². The number of fused-ring (bicyclic) bond motifs is 1. The number of imidazole rings is 1. The molecular formula is C23H27N3O4. The number of hydrogen-bond donors (Lipinski definition) is 1. The second-order valence-corrected chi connectivity index (χ2v) is 6.98. The van der Waals surface area contributed by atoms with E-state index in [2.05, 4.69) is 10.3 Å². The summed E-state index contributed by atoms with van der Waals surface area (Å²) >= 11 is 0. The molecule has 1 atom stereocenters. The van der Waals surface area contributed by atoms with Crippen molar-refractivity contribution in [3.63, 3.8) is 0 Å². The van der Waals surface area contributed by atoms with Gasteiger partial charge in [-0.25, -0.2) is 4.98 Å². The zero-order chi connectivity index (χ0) is 21.5. The molecule has 0 aliphatic heterocycles. The number of ether oxygens (including phenoxy) is 2. The highest BCUT2D eigenvalue weighted by molar-refractivity contribution is 5.84. The molecule has 1 aromatic heterocycles. The molecule has 30 heavy (non-hydrogen) atoms. The van der Waals surface area contributed by atoms with E-state index in [1.54, 1.807) is 14.0 Å². The Morgan fingerprint density at radius 1 is 1.13 bits per heavy atom. The summed E-state index contributed by atoms with van der Waals surface area (Å²) in [7, 11) is 1.62. The lowest BCUT2D eigenvalue weighted by atomic mass is 10.1. The van der Waals surface area contributed by atoms with Crippen molar-refractivity contribution in [3.8, 4) is 5.75 Å². The topological polar surface area (TPSA) is 82.5 Å². The molecule has 0 saturated carbocycles. The van der Waals surface area contributed by atoms with Gasteiger partial charge in [0.15, 0.2) is 6.10 Å². The highest BCUT2D eigenvalue weighted by Gasteiger charge is 2.19. The normalized spacial score (nSPS) is 11.8. The minimum Gasteiger partial charge on any atom is -0.497 e. The first-order valence-electron chi connectivity index (χ1n) is 10.1. The number of carbonyl (C=O) groups is 2. The van der Waals surface area contributed by atoms with Gasteiger partial charge in [0, 0.05) is 13.0 Å². The number of rotatable bonds is 9. The third-order valence-electron chi connectivity index (χ3n) is 4.89. The lowest BCUT2D eigenvalue weighted by molar-refractivity contribution is -0.155. The molecule has 0 radical (unpaired) electrons. The molecule has 1 heterocycles. The van der Waals surface area contributed by atoms with Crippen LogP contribution in [0.4, 0.5) is 0 Å². The zero-order valence-electron chi connectivity index (χ0n) is 17.6. The summed E-state index contributed by atoms with van der Waals surface area (Å²) in [6.45, 7) is 4.04. The Kier molecular flexibility index (Phi) is 7.06. The average molecular weight is 409 g/mol. The number of nitrogens with one attached hydrogen (secondary N) is 1. The molecule has 3 rings (SSSR count). The molecule has 0 bridgehead atoms. The third kappa shape index (κ3) is 5.17. The fourth-order valence-electron chi connectivity index (χ4n) is 3.25. The first kappa shape index (κ1) is 21.4. The Morgan fingerprint density at radius 2 is 1.87 bits per heavy atom. The number of hydrogen-bond acceptors (Lipinski definition) is 5. The maximum absolute atomic E-state index is 12.4. The first-order chi connectivity index (χ1) is 14.5. The molecule has 1 unspecified atom stereocenters. The van der Waals surface area contributed by atoms with E-state index >= 15 is 0 Å². The first-order valence-corrected chi connectivity index (χ1v) is 10.1. The number of esters is 1. The third-order valence-corrected chi connectivity index (χ3v) is 4.89. The van der Waals surface area contributed by atoms with Gasteiger partial charge in [0.2, 0.25) is 0 Å². The Balaban J connectivity index is 1.50. The Bertz CT molecular complexity index is 1010. The molecule has 158 valence electrons. The van der Waals surface area contributed by atoms with Gasteiger partial charge in [-0.3, -0.25) is 9.59 Å². The van der Waals surface area contributed by atoms with E-state index < -0.39 is 12.1 Å². The standard InChI is InChI=1S/C23H27N3O4/c1-4-21-25-19-7-5-6-8-20(19)26(21)15-22(27)30-16(2)23(28)24-14-13-17-9-11-18(29-3)12-10-17/h5-12,16H,4,13-15H2,1-3H3,(H,24,28). The van der Waals surface area contributed by atoms with Crippen LogP contribution in [0.5, 0.6) is 5.75 Å². The second kappa shape index (κ2) is 9.91. The molecule has 0 aliphatic carbocycles. The fraction of sp³-hybridized carbons (Fsp3) is 0.348. The van der Waals surface area contributed by atoms with Crippen LogP contribution in [0.15, 0.2) is 48.5 Å². The molecule has 0 fully saturated rings. The fourth-order valence-corrected chi connectivity index (χ4v) is 3.25. The Morgan fingerprint density at radius 3 is 2.57 bits per heavy atom. The van der Waals surface area contributed by atoms with Gasteiger partial charge >= 0.3 is 5.97 Å². The summed E-state index contributed by atoms with van der Waals surface area (Å²) < 4.78 is 12.3. The van der Waals surface area contributed by atoms with Crippen LogP contribution >= 0.6 is 0 Å². The summed E-state index contributed by atoms with van der Waals surface area (Å²) in [5, 5.41) is 2.81. The van der Waals surface area contributed by atoms with E-state index in [0.29, 0.717) is 19.4 Å². The number of para-hydroxylation sites is 2. The number of aryl methyl sites for hydroxylation is 1. The quantitative estimate of drug-likeness (QED) is 0.550. The molecule has 7 heteroatoms. The van der Waals surface area contributed by atoms with Crippen molar-refractivity contribution in [2.75, 3.05) is 13.7 Å². The van der Waals surface area contributed by atoms with Crippen molar-refractivity contribution < 1.29 is 19.1 Å². The number of methoxy groups -OCH3 is 1. The van der Waals surface area contributed by atoms with E-state index in [4.69, 9.17) is 9.47 Å². The maximum atomic E-state index is 12.4. The van der Waals surface area contributed by atoms with E-state index in [0.717, 1.165) is 28.2 Å². The summed E-state index contributed by atoms with van der Waals surface area (Å²) in [5.41, 5.74) is 2.80. The largest absolute Gasteiger partial charge is 0.497 e. The average Bonchev–Trinajstić information content (AvgIpc) is 3.11. The number of carbonyl (C=O) groups excluding carboxylic acids is 2. The second-order valence-electron chi connectivity index (χ2n) is 6.98. The van der Waals surface area contributed by atoms with Crippen LogP contribution in [0, 0.1) is 0 Å². The minimum absolute atomic E-state index is 0.0210. The molecule has 2 aromatic carbocycles. The highest BCUT2D eigenvalue weighted by Crippen LogP contribution is 2.17. The van der Waals surface area contributed by atoms with Crippen molar-refractivity contribution in [1.29, 1.82) is 0 Å². The predicted octanol–water partition coefficient (Wildman–Crippen LogP) is 2.90. The van der Waals surface area contributed by atoms with Crippen LogP contribution in [-0.4, -0.2) is 41.2 Å². The van der Waals surface area contributed by atoms with Gasteiger partial charge < -0.3 is 19.4 Å². The van der Waals surface area contributed by atoms with Gasteiger partial charge in [-0.2, -0.15) is 0 Å². The SMILES string of the molecule is CCc1nc2ccccc2n1CC(=O)OC(C)C(=O)NCCc1ccc(OC)cc1. The van der Waals surface area contributed by atoms with Gasteiger partial charge in [-0.1, -0.05) is 31.2 Å². The van der Waals surface area contributed by atoms with Crippen LogP contribution in [0.25, 0.3) is 11.0 Å². The van der Waals surface area contributed by atoms with Gasteiger partial charge in [-0.15, -0.1) is 0 Å². The smallest absolute Gasteiger partial charge is 0.326 e. The van der Waals surface area contributed by atoms with E-state index in [9.17, 15) is 9.59 Å². The van der Waals surface area contributed by atoms with Crippen LogP contribution in [0.1, 0.15) is 25.2 Å². The van der Waals surface area contributed by atoms with Crippen molar-refractivity contribution >= 4 is 22.9 Å². The lowest BCUT2D eigenvalue weighted by Gasteiger charge is -2.15. The van der Waals surface area contributed by atoms with Crippen LogP contribution in [0.3, 0.4) is 0 Å². The van der Waals surface area contributed by atoms with Gasteiger partial charge in [-0.05, 0) is 43.2 Å². The lowest BCUT2D eigenvalue weighted by Crippen LogP contribution is -2.37. The molecule has 1 N–H and O–H groups in total. The van der Waals surface area contributed by atoms with Crippen molar-refractivity contribution in [3.05, 3.63) is 59.9 Å². The summed E-state index contributed by atoms with van der Waals surface area (Å²) in [5.74, 6) is 0.818. The van der Waals surface area contributed by atoms with E-state index in [-0.39, 0.29) is 12.5 Å². The summed E-state index contributed by atoms with van der Waals surface area (Å²) in [6, 6.07) is 15.3. The van der Waals surface area contributed by atoms with Gasteiger partial charge in [0.05, 0.1) is 18.1 Å². The summed E-state index contributed by atoms with van der Waals surface area (Å²) in [6.07, 6.45) is 0.508. The van der Waals surface area contributed by atoms with Crippen LogP contribution < -0.4 is 10.1 Å². The number of aromatic nitrogens is 2. The molecule has 7 nitrogen and oxygen atoms in total. The van der Waals surface area contributed by atoms with Gasteiger partial charge in [0.1, 0.15) is 18.1 Å². The maximum Gasteiger partial charge on any atom is 0.326 e. The molecule has 0 saturated heterocycles. The van der Waals surface area contributed by atoms with Crippen LogP contribution in [-0.2, 0) is 33.7 Å². The molecule has 0 aliphatic rings. The molecule has 1 amide bonds. The molecule has 0 spiro atoms. The number of benzene rings is 2. The minimum atomic E-state index is -0.867. The number of nitrogens with zero attached hydrogens (tertiary/aromatic N) is 2. The molecule has 3 aromatic rings. The highest BCUT2D eigenvalue weighted by atomic mass is 16.5. The summed E-state index contributed by atoms with van der Waals surface area (Å²) in [4.78, 5) is 29.3. The Labute approximate surface area is 176 Å². The van der Waals surface area contributed by atoms with Crippen molar-refractivity contribution in [2.24, 2.45) is 0 Å². The van der Waals surface area contributed by atoms with E-state index in [1.807, 2.05) is 60.0 Å². The van der Waals surface area contributed by atoms with Crippen LogP contribution in [0.2, 0.25) is 0 Å².